The fourth-order valence-electron chi connectivity index (χ4n) is 2.94. The minimum absolute atomic E-state index is 0.00148. The van der Waals surface area contributed by atoms with Gasteiger partial charge in [-0.1, -0.05) is 13.2 Å². The summed E-state index contributed by atoms with van der Waals surface area (Å²) in [7, 11) is 0. The molecule has 0 radical (unpaired) electrons. The highest BCUT2D eigenvalue weighted by molar-refractivity contribution is 7.99. The standard InChI is InChI=1S/C26H40N2O11S/c1-18(2)23(30)35-12-9-27-25(32)38-16-21(39-26(33)28-10-13-36-24(31)19(3)4)17-40-14-8-22(29)37-15-20-7-5-6-11-34-20/h20-21H,1,3,5-17H2,2,4H3,(H,27,32)(H,28,33). The molecule has 0 aromatic heterocycles. The average molecular weight is 589 g/mol. The molecular weight excluding hydrogens is 548 g/mol. The van der Waals surface area contributed by atoms with Crippen molar-refractivity contribution in [1.29, 1.82) is 0 Å². The summed E-state index contributed by atoms with van der Waals surface area (Å²) in [5.41, 5.74) is 0.467. The van der Waals surface area contributed by atoms with Crippen molar-refractivity contribution in [2.75, 3.05) is 57.6 Å². The van der Waals surface area contributed by atoms with Crippen LogP contribution in [-0.2, 0) is 42.8 Å². The fraction of sp³-hybridized carbons (Fsp3) is 0.654. The number of alkyl carbamates (subject to hydrolysis) is 2. The Morgan fingerprint density at radius 2 is 1.52 bits per heavy atom. The van der Waals surface area contributed by atoms with Gasteiger partial charge in [0.15, 0.2) is 0 Å². The number of nitrogens with one attached hydrogen (secondary N) is 2. The highest BCUT2D eigenvalue weighted by atomic mass is 32.2. The number of rotatable bonds is 18. The van der Waals surface area contributed by atoms with E-state index in [2.05, 4.69) is 23.8 Å². The average Bonchev–Trinajstić information content (AvgIpc) is 2.93. The van der Waals surface area contributed by atoms with Gasteiger partial charge in [0.2, 0.25) is 0 Å². The van der Waals surface area contributed by atoms with Crippen LogP contribution in [0.3, 0.4) is 0 Å². The maximum atomic E-state index is 12.2. The quantitative estimate of drug-likeness (QED) is 0.104. The number of hydrogen-bond acceptors (Lipinski definition) is 12. The van der Waals surface area contributed by atoms with Crippen LogP contribution in [0, 0.1) is 0 Å². The Bertz CT molecular complexity index is 875. The van der Waals surface area contributed by atoms with Crippen LogP contribution >= 0.6 is 11.8 Å². The number of carbonyl (C=O) groups is 5. The first-order valence-electron chi connectivity index (χ1n) is 12.9. The molecule has 1 aliphatic rings. The summed E-state index contributed by atoms with van der Waals surface area (Å²) < 4.78 is 31.0. The molecule has 226 valence electrons. The van der Waals surface area contributed by atoms with Gasteiger partial charge < -0.3 is 39.1 Å². The molecule has 1 saturated heterocycles. The normalized spacial score (nSPS) is 15.1. The molecule has 1 rings (SSSR count). The summed E-state index contributed by atoms with van der Waals surface area (Å²) in [5.74, 6) is -0.900. The number of carbonyl (C=O) groups excluding carboxylic acids is 5. The number of hydrogen-bond donors (Lipinski definition) is 2. The SMILES string of the molecule is C=C(C)C(=O)OCCNC(=O)OCC(CSCCC(=O)OCC1CCCCO1)OC(=O)NCCOC(=O)C(=C)C. The molecule has 0 saturated carbocycles. The van der Waals surface area contributed by atoms with E-state index in [0.29, 0.717) is 12.4 Å². The van der Waals surface area contributed by atoms with Gasteiger partial charge in [-0.05, 0) is 33.1 Å². The molecule has 2 unspecified atom stereocenters. The lowest BCUT2D eigenvalue weighted by Crippen LogP contribution is -2.37. The van der Waals surface area contributed by atoms with Crippen molar-refractivity contribution in [3.63, 3.8) is 0 Å². The first-order valence-corrected chi connectivity index (χ1v) is 14.1. The van der Waals surface area contributed by atoms with Crippen molar-refractivity contribution in [2.45, 2.75) is 51.7 Å². The van der Waals surface area contributed by atoms with E-state index in [1.165, 1.54) is 25.6 Å². The maximum absolute atomic E-state index is 12.2. The van der Waals surface area contributed by atoms with Crippen molar-refractivity contribution in [2.24, 2.45) is 0 Å². The third kappa shape index (κ3) is 17.4. The maximum Gasteiger partial charge on any atom is 0.407 e. The second-order valence-electron chi connectivity index (χ2n) is 8.81. The van der Waals surface area contributed by atoms with Gasteiger partial charge in [0.1, 0.15) is 32.5 Å². The first kappa shape index (κ1) is 34.8. The van der Waals surface area contributed by atoms with Gasteiger partial charge in [0.25, 0.3) is 0 Å². The summed E-state index contributed by atoms with van der Waals surface area (Å²) >= 11 is 1.31. The monoisotopic (exact) mass is 588 g/mol. The third-order valence-corrected chi connectivity index (χ3v) is 6.14. The van der Waals surface area contributed by atoms with Gasteiger partial charge in [-0.2, -0.15) is 11.8 Å². The summed E-state index contributed by atoms with van der Waals surface area (Å²) in [6.45, 7) is 10.4. The zero-order valence-electron chi connectivity index (χ0n) is 23.2. The number of amides is 2. The Balaban J connectivity index is 2.41. The Kier molecular flexibility index (Phi) is 17.9. The third-order valence-electron chi connectivity index (χ3n) is 5.04. The van der Waals surface area contributed by atoms with Crippen molar-refractivity contribution < 1.29 is 52.4 Å². The molecule has 13 nitrogen and oxygen atoms in total. The number of ether oxygens (including phenoxy) is 6. The lowest BCUT2D eigenvalue weighted by molar-refractivity contribution is -0.148. The Morgan fingerprint density at radius 3 is 2.10 bits per heavy atom. The highest BCUT2D eigenvalue weighted by Gasteiger charge is 2.19. The fourth-order valence-corrected chi connectivity index (χ4v) is 3.84. The minimum Gasteiger partial charge on any atom is -0.463 e. The van der Waals surface area contributed by atoms with E-state index in [9.17, 15) is 24.0 Å². The molecule has 0 bridgehead atoms. The number of esters is 3. The lowest BCUT2D eigenvalue weighted by atomic mass is 10.1. The van der Waals surface area contributed by atoms with Gasteiger partial charge in [-0.15, -0.1) is 0 Å². The first-order chi connectivity index (χ1) is 19.1. The molecule has 2 atom stereocenters. The van der Waals surface area contributed by atoms with Crippen LogP contribution in [0.1, 0.15) is 39.5 Å². The second-order valence-corrected chi connectivity index (χ2v) is 9.96. The van der Waals surface area contributed by atoms with Crippen LogP contribution in [0.4, 0.5) is 9.59 Å². The number of thioether (sulfide) groups is 1. The van der Waals surface area contributed by atoms with Gasteiger partial charge in [0, 0.05) is 29.3 Å². The van der Waals surface area contributed by atoms with E-state index < -0.39 is 30.2 Å². The molecule has 1 heterocycles. The molecule has 40 heavy (non-hydrogen) atoms. The molecule has 0 aliphatic carbocycles. The van der Waals surface area contributed by atoms with Crippen LogP contribution in [-0.4, -0.2) is 99.9 Å². The van der Waals surface area contributed by atoms with E-state index in [-0.39, 0.29) is 74.9 Å². The Labute approximate surface area is 238 Å². The molecule has 0 aromatic rings. The van der Waals surface area contributed by atoms with E-state index in [4.69, 9.17) is 28.4 Å². The zero-order valence-corrected chi connectivity index (χ0v) is 24.0. The summed E-state index contributed by atoms with van der Waals surface area (Å²) in [5, 5.41) is 4.85. The predicted octanol–water partition coefficient (Wildman–Crippen LogP) is 2.28. The van der Waals surface area contributed by atoms with Gasteiger partial charge in [-0.3, -0.25) is 4.79 Å². The Hall–Kier alpha value is -3.26. The molecule has 1 fully saturated rings. The van der Waals surface area contributed by atoms with Crippen LogP contribution < -0.4 is 10.6 Å². The smallest absolute Gasteiger partial charge is 0.407 e. The molecule has 0 aromatic carbocycles. The van der Waals surface area contributed by atoms with E-state index in [0.717, 1.165) is 19.3 Å². The molecule has 2 amide bonds. The zero-order chi connectivity index (χ0) is 29.8. The molecular formula is C26H40N2O11S. The largest absolute Gasteiger partial charge is 0.463 e. The Morgan fingerprint density at radius 1 is 0.900 bits per heavy atom. The van der Waals surface area contributed by atoms with E-state index in [1.54, 1.807) is 0 Å². The van der Waals surface area contributed by atoms with Crippen LogP contribution in [0.5, 0.6) is 0 Å². The van der Waals surface area contributed by atoms with Crippen molar-refractivity contribution in [3.8, 4) is 0 Å². The van der Waals surface area contributed by atoms with Crippen LogP contribution in [0.25, 0.3) is 0 Å². The van der Waals surface area contributed by atoms with Crippen LogP contribution in [0.2, 0.25) is 0 Å². The van der Waals surface area contributed by atoms with E-state index in [1.807, 2.05) is 0 Å². The van der Waals surface area contributed by atoms with E-state index >= 15 is 0 Å². The van der Waals surface area contributed by atoms with Crippen molar-refractivity contribution >= 4 is 41.9 Å². The second kappa shape index (κ2) is 20.6. The summed E-state index contributed by atoms with van der Waals surface area (Å²) in [6, 6.07) is 0. The molecule has 14 heteroatoms. The summed E-state index contributed by atoms with van der Waals surface area (Å²) in [4.78, 5) is 58.9. The van der Waals surface area contributed by atoms with Crippen molar-refractivity contribution in [1.82, 2.24) is 10.6 Å². The van der Waals surface area contributed by atoms with Crippen LogP contribution in [0.15, 0.2) is 24.3 Å². The van der Waals surface area contributed by atoms with Gasteiger partial charge in [-0.25, -0.2) is 19.2 Å². The predicted molar refractivity (Wildman–Crippen MR) is 146 cm³/mol. The highest BCUT2D eigenvalue weighted by Crippen LogP contribution is 2.14. The van der Waals surface area contributed by atoms with Gasteiger partial charge >= 0.3 is 30.1 Å². The molecule has 2 N–H and O–H groups in total. The van der Waals surface area contributed by atoms with Gasteiger partial charge in [0.05, 0.1) is 25.6 Å². The minimum atomic E-state index is -0.846. The lowest BCUT2D eigenvalue weighted by Gasteiger charge is -2.22. The topological polar surface area (TPSA) is 165 Å². The summed E-state index contributed by atoms with van der Waals surface area (Å²) in [6.07, 6.45) is 0.566. The molecule has 0 spiro atoms. The van der Waals surface area contributed by atoms with Crippen molar-refractivity contribution in [3.05, 3.63) is 24.3 Å². The molecule has 1 aliphatic heterocycles.